The maximum absolute atomic E-state index is 12.7. The first-order chi connectivity index (χ1) is 9.63. The van der Waals surface area contributed by atoms with Crippen molar-refractivity contribution < 1.29 is 14.7 Å². The van der Waals surface area contributed by atoms with Crippen LogP contribution in [0.1, 0.15) is 36.0 Å². The second-order valence-electron chi connectivity index (χ2n) is 4.95. The second kappa shape index (κ2) is 6.79. The van der Waals surface area contributed by atoms with E-state index in [-0.39, 0.29) is 18.4 Å². The first-order valence-electron chi connectivity index (χ1n) is 6.79. The second-order valence-corrected chi connectivity index (χ2v) is 5.79. The van der Waals surface area contributed by atoms with Gasteiger partial charge in [-0.3, -0.25) is 9.59 Å². The number of carbonyl (C=O) groups excluding carboxylic acids is 1. The van der Waals surface area contributed by atoms with Crippen molar-refractivity contribution in [1.82, 2.24) is 4.90 Å². The molecule has 2 rings (SSSR count). The number of carboxylic acids is 1. The van der Waals surface area contributed by atoms with Gasteiger partial charge in [-0.2, -0.15) is 0 Å². The van der Waals surface area contributed by atoms with Crippen LogP contribution in [0.25, 0.3) is 0 Å². The molecule has 1 saturated heterocycles. The van der Waals surface area contributed by atoms with Gasteiger partial charge >= 0.3 is 5.97 Å². The molecule has 108 valence electrons. The Labute approximate surface area is 123 Å². The molecule has 0 aliphatic carbocycles. The van der Waals surface area contributed by atoms with Gasteiger partial charge in [-0.15, -0.1) is 11.8 Å². The molecule has 1 aliphatic heterocycles. The highest BCUT2D eigenvalue weighted by atomic mass is 32.2. The molecule has 0 bridgehead atoms. The first kappa shape index (κ1) is 14.9. The number of likely N-dealkylation sites (tertiary alicyclic amines) is 1. The molecule has 1 N–H and O–H groups in total. The highest BCUT2D eigenvalue weighted by molar-refractivity contribution is 7.98. The van der Waals surface area contributed by atoms with Gasteiger partial charge in [0.25, 0.3) is 5.91 Å². The average Bonchev–Trinajstić information content (AvgIpc) is 2.46. The Balaban J connectivity index is 2.23. The van der Waals surface area contributed by atoms with Gasteiger partial charge in [0.15, 0.2) is 0 Å². The third kappa shape index (κ3) is 3.33. The number of benzene rings is 1. The summed E-state index contributed by atoms with van der Waals surface area (Å²) in [4.78, 5) is 26.3. The lowest BCUT2D eigenvalue weighted by Gasteiger charge is -2.35. The third-order valence-corrected chi connectivity index (χ3v) is 4.43. The standard InChI is InChI=1S/C15H19NO3S/c1-20-13-8-3-2-7-12(13)15(19)16-9-5-4-6-11(16)10-14(17)18/h2-3,7-8,11H,4-6,9-10H2,1H3,(H,17,18). The summed E-state index contributed by atoms with van der Waals surface area (Å²) in [6.07, 6.45) is 4.69. The van der Waals surface area contributed by atoms with Gasteiger partial charge < -0.3 is 10.0 Å². The lowest BCUT2D eigenvalue weighted by molar-refractivity contribution is -0.138. The van der Waals surface area contributed by atoms with Gasteiger partial charge in [-0.1, -0.05) is 12.1 Å². The summed E-state index contributed by atoms with van der Waals surface area (Å²) < 4.78 is 0. The maximum Gasteiger partial charge on any atom is 0.305 e. The zero-order valence-corrected chi connectivity index (χ0v) is 12.4. The van der Waals surface area contributed by atoms with Crippen molar-refractivity contribution in [3.8, 4) is 0 Å². The zero-order valence-electron chi connectivity index (χ0n) is 11.5. The average molecular weight is 293 g/mol. The monoisotopic (exact) mass is 293 g/mol. The molecule has 20 heavy (non-hydrogen) atoms. The van der Waals surface area contributed by atoms with Crippen LogP contribution in [-0.4, -0.2) is 40.7 Å². The molecule has 4 nitrogen and oxygen atoms in total. The minimum Gasteiger partial charge on any atom is -0.481 e. The summed E-state index contributed by atoms with van der Waals surface area (Å²) in [5.41, 5.74) is 0.678. The lowest BCUT2D eigenvalue weighted by atomic mass is 9.98. The molecule has 1 heterocycles. The van der Waals surface area contributed by atoms with E-state index < -0.39 is 5.97 Å². The van der Waals surface area contributed by atoms with Crippen LogP contribution in [0.5, 0.6) is 0 Å². The highest BCUT2D eigenvalue weighted by Gasteiger charge is 2.29. The Kier molecular flexibility index (Phi) is 5.06. The van der Waals surface area contributed by atoms with E-state index in [0.717, 1.165) is 24.2 Å². The number of amides is 1. The topological polar surface area (TPSA) is 57.6 Å². The van der Waals surface area contributed by atoms with Crippen LogP contribution in [0.4, 0.5) is 0 Å². The molecule has 0 aromatic heterocycles. The molecular formula is C15H19NO3S. The van der Waals surface area contributed by atoms with Crippen LogP contribution in [0, 0.1) is 0 Å². The number of piperidine rings is 1. The molecule has 5 heteroatoms. The Morgan fingerprint density at radius 2 is 2.10 bits per heavy atom. The molecule has 0 radical (unpaired) electrons. The Morgan fingerprint density at radius 1 is 1.35 bits per heavy atom. The van der Waals surface area contributed by atoms with Crippen molar-refractivity contribution in [2.75, 3.05) is 12.8 Å². The number of nitrogens with zero attached hydrogens (tertiary/aromatic N) is 1. The Morgan fingerprint density at radius 3 is 2.80 bits per heavy atom. The molecule has 1 fully saturated rings. The van der Waals surface area contributed by atoms with Crippen molar-refractivity contribution >= 4 is 23.6 Å². The summed E-state index contributed by atoms with van der Waals surface area (Å²) in [5.74, 6) is -0.881. The quantitative estimate of drug-likeness (QED) is 0.867. The first-order valence-corrected chi connectivity index (χ1v) is 8.01. The van der Waals surface area contributed by atoms with Gasteiger partial charge in [-0.25, -0.2) is 0 Å². The van der Waals surface area contributed by atoms with E-state index in [1.54, 1.807) is 4.90 Å². The Bertz CT molecular complexity index is 504. The largest absolute Gasteiger partial charge is 0.481 e. The van der Waals surface area contributed by atoms with Crippen LogP contribution >= 0.6 is 11.8 Å². The minimum atomic E-state index is -0.840. The van der Waals surface area contributed by atoms with E-state index in [9.17, 15) is 9.59 Å². The minimum absolute atomic E-state index is 0.0349. The maximum atomic E-state index is 12.7. The molecule has 1 amide bonds. The molecule has 1 aliphatic rings. The summed E-state index contributed by atoms with van der Waals surface area (Å²) in [7, 11) is 0. The van der Waals surface area contributed by atoms with Crippen LogP contribution in [0.3, 0.4) is 0 Å². The zero-order chi connectivity index (χ0) is 14.5. The van der Waals surface area contributed by atoms with E-state index in [1.807, 2.05) is 30.5 Å². The molecule has 1 atom stereocenters. The van der Waals surface area contributed by atoms with Crippen LogP contribution in [-0.2, 0) is 4.79 Å². The highest BCUT2D eigenvalue weighted by Crippen LogP contribution is 2.26. The normalized spacial score (nSPS) is 18.9. The number of hydrogen-bond acceptors (Lipinski definition) is 3. The Hall–Kier alpha value is -1.49. The molecule has 0 spiro atoms. The van der Waals surface area contributed by atoms with Gasteiger partial charge in [-0.05, 0) is 37.7 Å². The van der Waals surface area contributed by atoms with Crippen molar-refractivity contribution in [2.24, 2.45) is 0 Å². The smallest absolute Gasteiger partial charge is 0.305 e. The van der Waals surface area contributed by atoms with Gasteiger partial charge in [0.1, 0.15) is 0 Å². The molecule has 1 aromatic rings. The molecular weight excluding hydrogens is 274 g/mol. The fourth-order valence-corrected chi connectivity index (χ4v) is 3.25. The van der Waals surface area contributed by atoms with Gasteiger partial charge in [0, 0.05) is 17.5 Å². The SMILES string of the molecule is CSc1ccccc1C(=O)N1CCCCC1CC(=O)O. The number of aliphatic carboxylic acids is 1. The van der Waals surface area contributed by atoms with Crippen LogP contribution in [0.2, 0.25) is 0 Å². The number of hydrogen-bond donors (Lipinski definition) is 1. The van der Waals surface area contributed by atoms with Gasteiger partial charge in [0.05, 0.1) is 12.0 Å². The van der Waals surface area contributed by atoms with E-state index in [2.05, 4.69) is 0 Å². The van der Waals surface area contributed by atoms with Crippen molar-refractivity contribution in [1.29, 1.82) is 0 Å². The van der Waals surface area contributed by atoms with E-state index in [0.29, 0.717) is 12.1 Å². The van der Waals surface area contributed by atoms with Crippen molar-refractivity contribution in [3.05, 3.63) is 29.8 Å². The lowest BCUT2D eigenvalue weighted by Crippen LogP contribution is -2.44. The van der Waals surface area contributed by atoms with Crippen molar-refractivity contribution in [2.45, 2.75) is 36.6 Å². The predicted octanol–water partition coefficient (Wildman–Crippen LogP) is 2.88. The summed E-state index contributed by atoms with van der Waals surface area (Å²) in [5, 5.41) is 8.99. The summed E-state index contributed by atoms with van der Waals surface area (Å²) in [6, 6.07) is 7.33. The van der Waals surface area contributed by atoms with Crippen LogP contribution in [0.15, 0.2) is 29.2 Å². The summed E-state index contributed by atoms with van der Waals surface area (Å²) in [6.45, 7) is 0.652. The number of carboxylic acid groups (broad SMARTS) is 1. The van der Waals surface area contributed by atoms with E-state index >= 15 is 0 Å². The fourth-order valence-electron chi connectivity index (χ4n) is 2.66. The van der Waals surface area contributed by atoms with E-state index in [4.69, 9.17) is 5.11 Å². The third-order valence-electron chi connectivity index (χ3n) is 3.64. The number of rotatable bonds is 4. The fraction of sp³-hybridized carbons (Fsp3) is 0.467. The van der Waals surface area contributed by atoms with Crippen molar-refractivity contribution in [3.63, 3.8) is 0 Å². The van der Waals surface area contributed by atoms with E-state index in [1.165, 1.54) is 11.8 Å². The van der Waals surface area contributed by atoms with Crippen LogP contribution < -0.4 is 0 Å². The van der Waals surface area contributed by atoms with Gasteiger partial charge in [0.2, 0.25) is 0 Å². The number of thioether (sulfide) groups is 1. The predicted molar refractivity (Wildman–Crippen MR) is 79.2 cm³/mol. The summed E-state index contributed by atoms with van der Waals surface area (Å²) >= 11 is 1.54. The number of carbonyl (C=O) groups is 2. The molecule has 0 saturated carbocycles. The molecule has 1 aromatic carbocycles. The molecule has 1 unspecified atom stereocenters.